The molecule has 0 radical (unpaired) electrons. The molecule has 13 heteroatoms. The second-order valence-corrected chi connectivity index (χ2v) is 11.0. The molecule has 0 spiro atoms. The second kappa shape index (κ2) is 10.6. The summed E-state index contributed by atoms with van der Waals surface area (Å²) in [7, 11) is -3.30. The first-order valence-corrected chi connectivity index (χ1v) is 13.4. The highest BCUT2D eigenvalue weighted by Crippen LogP contribution is 2.28. The number of halogens is 3. The van der Waals surface area contributed by atoms with Crippen LogP contribution in [-0.4, -0.2) is 60.8 Å². The van der Waals surface area contributed by atoms with Crippen molar-refractivity contribution in [1.82, 2.24) is 14.3 Å². The SMILES string of the molecule is CS(=O)(=O)N1CCN(c2ncc(C(=N)c3cc(OCc4c(Cl)cncc4Cl)ccc3N)cc2F)CC1. The molecule has 3 heterocycles. The average molecular weight is 553 g/mol. The molecule has 1 aliphatic heterocycles. The Bertz CT molecular complexity index is 1390. The zero-order valence-corrected chi connectivity index (χ0v) is 21.5. The van der Waals surface area contributed by atoms with E-state index in [0.717, 1.165) is 6.26 Å². The molecule has 0 bridgehead atoms. The number of anilines is 2. The fourth-order valence-electron chi connectivity index (χ4n) is 3.76. The normalized spacial score (nSPS) is 14.6. The maximum absolute atomic E-state index is 15.0. The van der Waals surface area contributed by atoms with E-state index in [9.17, 15) is 12.8 Å². The summed E-state index contributed by atoms with van der Waals surface area (Å²) in [5.74, 6) is -0.0874. The molecule has 1 saturated heterocycles. The molecule has 9 nitrogen and oxygen atoms in total. The van der Waals surface area contributed by atoms with E-state index in [2.05, 4.69) is 9.97 Å². The van der Waals surface area contributed by atoms with Gasteiger partial charge in [0.05, 0.1) is 22.0 Å². The predicted octanol–water partition coefficient (Wildman–Crippen LogP) is 3.58. The first-order valence-electron chi connectivity index (χ1n) is 10.8. The van der Waals surface area contributed by atoms with E-state index in [-0.39, 0.29) is 36.8 Å². The number of rotatable bonds is 7. The van der Waals surface area contributed by atoms with Gasteiger partial charge in [-0.05, 0) is 24.3 Å². The van der Waals surface area contributed by atoms with Crippen molar-refractivity contribution in [2.24, 2.45) is 0 Å². The fraction of sp³-hybridized carbons (Fsp3) is 0.261. The zero-order chi connectivity index (χ0) is 26.0. The molecule has 0 amide bonds. The van der Waals surface area contributed by atoms with E-state index < -0.39 is 15.8 Å². The summed E-state index contributed by atoms with van der Waals surface area (Å²) >= 11 is 12.3. The third-order valence-corrected chi connectivity index (χ3v) is 7.70. The Morgan fingerprint density at radius 3 is 2.42 bits per heavy atom. The molecule has 3 N–H and O–H groups in total. The minimum atomic E-state index is -3.30. The van der Waals surface area contributed by atoms with Crippen molar-refractivity contribution in [1.29, 1.82) is 5.41 Å². The van der Waals surface area contributed by atoms with Crippen LogP contribution in [0.15, 0.2) is 42.9 Å². The summed E-state index contributed by atoms with van der Waals surface area (Å²) in [6.45, 7) is 1.19. The number of pyridine rings is 2. The molecule has 1 fully saturated rings. The fourth-order valence-corrected chi connectivity index (χ4v) is 5.06. The molecule has 4 rings (SSSR count). The summed E-state index contributed by atoms with van der Waals surface area (Å²) in [6.07, 6.45) is 5.48. The molecule has 3 aromatic rings. The molecule has 0 saturated carbocycles. The van der Waals surface area contributed by atoms with Crippen LogP contribution in [0.25, 0.3) is 0 Å². The highest BCUT2D eigenvalue weighted by atomic mass is 35.5. The van der Waals surface area contributed by atoms with Crippen molar-refractivity contribution < 1.29 is 17.5 Å². The lowest BCUT2D eigenvalue weighted by atomic mass is 10.0. The van der Waals surface area contributed by atoms with Gasteiger partial charge in [-0.15, -0.1) is 0 Å². The Kier molecular flexibility index (Phi) is 7.65. The summed E-state index contributed by atoms with van der Waals surface area (Å²) in [5, 5.41) is 9.33. The van der Waals surface area contributed by atoms with Gasteiger partial charge in [-0.1, -0.05) is 23.2 Å². The molecule has 1 aromatic carbocycles. The Morgan fingerprint density at radius 1 is 1.14 bits per heavy atom. The molecule has 0 unspecified atom stereocenters. The highest BCUT2D eigenvalue weighted by Gasteiger charge is 2.26. The highest BCUT2D eigenvalue weighted by molar-refractivity contribution is 7.88. The van der Waals surface area contributed by atoms with Crippen molar-refractivity contribution in [3.63, 3.8) is 0 Å². The minimum Gasteiger partial charge on any atom is -0.489 e. The van der Waals surface area contributed by atoms with Crippen molar-refractivity contribution >= 4 is 50.4 Å². The first kappa shape index (κ1) is 26.1. The van der Waals surface area contributed by atoms with E-state index in [1.54, 1.807) is 23.1 Å². The van der Waals surface area contributed by atoms with Crippen LogP contribution in [0.2, 0.25) is 10.0 Å². The largest absolute Gasteiger partial charge is 0.489 e. The molecule has 0 aliphatic carbocycles. The van der Waals surface area contributed by atoms with E-state index >= 15 is 0 Å². The maximum Gasteiger partial charge on any atom is 0.211 e. The van der Waals surface area contributed by atoms with Crippen molar-refractivity contribution in [3.8, 4) is 5.75 Å². The maximum atomic E-state index is 15.0. The standard InChI is InChI=1S/C23H23Cl2FN6O3S/c1-36(33,34)32-6-4-31(5-7-32)23-20(26)8-14(10-30-23)22(28)16-9-15(2-3-21(16)27)35-13-17-18(24)11-29-12-19(17)25/h2-3,8-12,28H,4-7,13,27H2,1H3. The summed E-state index contributed by atoms with van der Waals surface area (Å²) < 4.78 is 45.5. The van der Waals surface area contributed by atoms with Gasteiger partial charge in [0.2, 0.25) is 10.0 Å². The Hall–Kier alpha value is -2.99. The topological polar surface area (TPSA) is 126 Å². The zero-order valence-electron chi connectivity index (χ0n) is 19.2. The molecule has 2 aromatic heterocycles. The van der Waals surface area contributed by atoms with Crippen LogP contribution in [0.5, 0.6) is 5.75 Å². The van der Waals surface area contributed by atoms with Gasteiger partial charge in [-0.3, -0.25) is 10.4 Å². The van der Waals surface area contributed by atoms with E-state index in [0.29, 0.717) is 45.7 Å². The second-order valence-electron chi connectivity index (χ2n) is 8.17. The van der Waals surface area contributed by atoms with Gasteiger partial charge in [0.25, 0.3) is 0 Å². The monoisotopic (exact) mass is 552 g/mol. The number of nitrogens with one attached hydrogen (secondary N) is 1. The molecule has 190 valence electrons. The number of nitrogens with zero attached hydrogens (tertiary/aromatic N) is 4. The number of hydrogen-bond acceptors (Lipinski definition) is 8. The summed E-state index contributed by atoms with van der Waals surface area (Å²) in [4.78, 5) is 9.81. The number of ether oxygens (including phenoxy) is 1. The van der Waals surface area contributed by atoms with Crippen LogP contribution in [0.1, 0.15) is 16.7 Å². The van der Waals surface area contributed by atoms with Gasteiger partial charge in [-0.25, -0.2) is 17.8 Å². The molecular formula is C23H23Cl2FN6O3S. The predicted molar refractivity (Wildman–Crippen MR) is 138 cm³/mol. The number of benzene rings is 1. The quantitative estimate of drug-likeness (QED) is 0.339. The van der Waals surface area contributed by atoms with Gasteiger partial charge in [0, 0.05) is 67.1 Å². The molecular weight excluding hydrogens is 530 g/mol. The third-order valence-electron chi connectivity index (χ3n) is 5.75. The Balaban J connectivity index is 1.50. The third kappa shape index (κ3) is 5.70. The van der Waals surface area contributed by atoms with Gasteiger partial charge >= 0.3 is 0 Å². The first-order chi connectivity index (χ1) is 17.0. The van der Waals surface area contributed by atoms with Crippen LogP contribution in [0, 0.1) is 11.2 Å². The number of piperazine rings is 1. The number of nitrogens with two attached hydrogens (primary N) is 1. The molecule has 36 heavy (non-hydrogen) atoms. The van der Waals surface area contributed by atoms with Crippen molar-refractivity contribution in [2.75, 3.05) is 43.1 Å². The number of hydrogen-bond donors (Lipinski definition) is 2. The number of nitrogen functional groups attached to an aromatic ring is 1. The number of aromatic nitrogens is 2. The van der Waals surface area contributed by atoms with Gasteiger partial charge < -0.3 is 15.4 Å². The smallest absolute Gasteiger partial charge is 0.211 e. The average Bonchev–Trinajstić information content (AvgIpc) is 2.84. The van der Waals surface area contributed by atoms with Gasteiger partial charge in [0.1, 0.15) is 12.4 Å². The van der Waals surface area contributed by atoms with Crippen LogP contribution in [0.4, 0.5) is 15.9 Å². The van der Waals surface area contributed by atoms with Crippen molar-refractivity contribution in [3.05, 3.63) is 75.4 Å². The van der Waals surface area contributed by atoms with Crippen LogP contribution in [-0.2, 0) is 16.6 Å². The van der Waals surface area contributed by atoms with Crippen LogP contribution < -0.4 is 15.4 Å². The van der Waals surface area contributed by atoms with E-state index in [1.807, 2.05) is 0 Å². The van der Waals surface area contributed by atoms with E-state index in [4.69, 9.17) is 39.1 Å². The lowest BCUT2D eigenvalue weighted by molar-refractivity contribution is 0.306. The van der Waals surface area contributed by atoms with Gasteiger partial charge in [0.15, 0.2) is 11.6 Å². The minimum absolute atomic E-state index is 0.0298. The summed E-state index contributed by atoms with van der Waals surface area (Å²) in [6, 6.07) is 6.04. The Morgan fingerprint density at radius 2 is 1.81 bits per heavy atom. The van der Waals surface area contributed by atoms with E-state index in [1.165, 1.54) is 29.0 Å². The van der Waals surface area contributed by atoms with Crippen LogP contribution >= 0.6 is 23.2 Å². The van der Waals surface area contributed by atoms with Crippen LogP contribution in [0.3, 0.4) is 0 Å². The summed E-state index contributed by atoms with van der Waals surface area (Å²) in [5.41, 5.74) is 7.52. The van der Waals surface area contributed by atoms with Crippen molar-refractivity contribution in [2.45, 2.75) is 6.61 Å². The molecule has 1 aliphatic rings. The molecule has 0 atom stereocenters. The number of sulfonamides is 1. The Labute approximate surface area is 218 Å². The lowest BCUT2D eigenvalue weighted by Crippen LogP contribution is -2.48. The van der Waals surface area contributed by atoms with Gasteiger partial charge in [-0.2, -0.15) is 4.31 Å². The lowest BCUT2D eigenvalue weighted by Gasteiger charge is -2.34.